The molecule has 3 rings (SSSR count). The summed E-state index contributed by atoms with van der Waals surface area (Å²) in [7, 11) is 2.21. The molecule has 0 aliphatic carbocycles. The van der Waals surface area contributed by atoms with E-state index >= 15 is 0 Å². The minimum absolute atomic E-state index is 0.0501. The van der Waals surface area contributed by atoms with Crippen LogP contribution in [-0.2, 0) is 9.47 Å². The molecule has 0 radical (unpaired) electrons. The molecule has 0 aliphatic heterocycles. The lowest BCUT2D eigenvalue weighted by Gasteiger charge is -2.28. The molecule has 0 spiro atoms. The van der Waals surface area contributed by atoms with Crippen LogP contribution in [0, 0.1) is 0 Å². The number of aliphatic hydroxyl groups excluding tert-OH is 4. The number of methoxy groups -OCH3 is 2. The highest BCUT2D eigenvalue weighted by atomic mass is 16.5. The third kappa shape index (κ3) is 5.81. The van der Waals surface area contributed by atoms with Crippen LogP contribution >= 0.6 is 0 Å². The van der Waals surface area contributed by atoms with Gasteiger partial charge >= 0.3 is 11.9 Å². The van der Waals surface area contributed by atoms with Crippen molar-refractivity contribution in [2.45, 2.75) is 24.4 Å². The van der Waals surface area contributed by atoms with E-state index in [1.807, 2.05) is 6.07 Å². The number of hydrogen-bond donors (Lipinski definition) is 4. The zero-order valence-corrected chi connectivity index (χ0v) is 19.6. The first-order chi connectivity index (χ1) is 17.3. The molecule has 2 aromatic carbocycles. The molecule has 10 heteroatoms. The average molecular weight is 495 g/mol. The van der Waals surface area contributed by atoms with Gasteiger partial charge in [-0.1, -0.05) is 72.8 Å². The first-order valence-electron chi connectivity index (χ1n) is 10.9. The summed E-state index contributed by atoms with van der Waals surface area (Å²) in [5, 5.41) is 50.6. The van der Waals surface area contributed by atoms with Crippen molar-refractivity contribution in [3.8, 4) is 11.1 Å². The molecule has 4 N–H and O–H groups in total. The zero-order chi connectivity index (χ0) is 26.2. The fraction of sp³-hybridized carbons (Fsp3) is 0.231. The standard InChI is InChI=1S/C26H26N2O8/c1-35-25(33)20-18(16-11-7-4-8-12-16)19(21(28-27-20)26(34)36-2)23(31)24(32)22(30)17(29)14-13-15-9-5-3-6-10-15/h3-14,17,22-24,29-32H,1-2H3. The molecular weight excluding hydrogens is 468 g/mol. The summed E-state index contributed by atoms with van der Waals surface area (Å²) in [6, 6.07) is 17.1. The lowest BCUT2D eigenvalue weighted by Crippen LogP contribution is -2.41. The largest absolute Gasteiger partial charge is 0.464 e. The Morgan fingerprint density at radius 1 is 0.778 bits per heavy atom. The number of carbonyl (C=O) groups excluding carboxylic acids is 2. The summed E-state index contributed by atoms with van der Waals surface area (Å²) in [5.41, 5.74) is -0.119. The van der Waals surface area contributed by atoms with Gasteiger partial charge < -0.3 is 29.9 Å². The molecule has 1 aromatic heterocycles. The van der Waals surface area contributed by atoms with E-state index in [-0.39, 0.29) is 16.8 Å². The van der Waals surface area contributed by atoms with Gasteiger partial charge in [-0.2, -0.15) is 0 Å². The maximum atomic E-state index is 12.5. The van der Waals surface area contributed by atoms with Crippen LogP contribution in [0.25, 0.3) is 17.2 Å². The first kappa shape index (κ1) is 26.6. The van der Waals surface area contributed by atoms with Gasteiger partial charge in [0.25, 0.3) is 0 Å². The number of benzene rings is 2. The lowest BCUT2D eigenvalue weighted by atomic mass is 9.89. The molecule has 3 aromatic rings. The van der Waals surface area contributed by atoms with Gasteiger partial charge in [0.2, 0.25) is 0 Å². The van der Waals surface area contributed by atoms with Crippen molar-refractivity contribution in [3.63, 3.8) is 0 Å². The Morgan fingerprint density at radius 2 is 1.31 bits per heavy atom. The van der Waals surface area contributed by atoms with E-state index in [0.29, 0.717) is 5.56 Å². The van der Waals surface area contributed by atoms with E-state index in [1.54, 1.807) is 54.6 Å². The Balaban J connectivity index is 2.09. The molecule has 4 unspecified atom stereocenters. The summed E-state index contributed by atoms with van der Waals surface area (Å²) in [6.07, 6.45) is -4.70. The van der Waals surface area contributed by atoms with Crippen LogP contribution in [0.1, 0.15) is 38.2 Å². The minimum atomic E-state index is -2.01. The van der Waals surface area contributed by atoms with E-state index in [1.165, 1.54) is 12.2 Å². The number of aromatic nitrogens is 2. The summed E-state index contributed by atoms with van der Waals surface area (Å²) < 4.78 is 9.53. The van der Waals surface area contributed by atoms with Gasteiger partial charge in [-0.05, 0) is 11.1 Å². The van der Waals surface area contributed by atoms with Gasteiger partial charge in [0, 0.05) is 11.1 Å². The van der Waals surface area contributed by atoms with Crippen molar-refractivity contribution in [2.75, 3.05) is 14.2 Å². The molecule has 10 nitrogen and oxygen atoms in total. The van der Waals surface area contributed by atoms with Crippen molar-refractivity contribution >= 4 is 18.0 Å². The second-order valence-electron chi connectivity index (χ2n) is 7.72. The Kier molecular flexibility index (Phi) is 8.98. The highest BCUT2D eigenvalue weighted by Gasteiger charge is 2.37. The SMILES string of the molecule is COC(=O)c1nnc(C(=O)OC)c(C(O)C(O)C(O)C(O)C=Cc2ccccc2)c1-c1ccccc1. The van der Waals surface area contributed by atoms with E-state index in [4.69, 9.17) is 9.47 Å². The molecule has 0 bridgehead atoms. The molecule has 4 atom stereocenters. The topological polar surface area (TPSA) is 159 Å². The van der Waals surface area contributed by atoms with Crippen molar-refractivity contribution < 1.29 is 39.5 Å². The zero-order valence-electron chi connectivity index (χ0n) is 19.6. The number of esters is 2. The maximum absolute atomic E-state index is 12.5. The fourth-order valence-corrected chi connectivity index (χ4v) is 3.57. The Bertz CT molecular complexity index is 1220. The van der Waals surface area contributed by atoms with Crippen LogP contribution in [0.4, 0.5) is 0 Å². The normalized spacial score (nSPS) is 14.6. The Labute approximate surface area is 207 Å². The van der Waals surface area contributed by atoms with Crippen LogP contribution in [-0.4, -0.2) is 75.1 Å². The van der Waals surface area contributed by atoms with Gasteiger partial charge in [0.15, 0.2) is 11.4 Å². The summed E-state index contributed by atoms with van der Waals surface area (Å²) in [5.74, 6) is -1.91. The lowest BCUT2D eigenvalue weighted by molar-refractivity contribution is -0.0944. The van der Waals surface area contributed by atoms with Crippen molar-refractivity contribution in [3.05, 3.63) is 89.3 Å². The van der Waals surface area contributed by atoms with Gasteiger partial charge in [-0.15, -0.1) is 10.2 Å². The number of nitrogens with zero attached hydrogens (tertiary/aromatic N) is 2. The third-order valence-corrected chi connectivity index (χ3v) is 5.44. The molecule has 0 aliphatic rings. The van der Waals surface area contributed by atoms with Crippen LogP contribution < -0.4 is 0 Å². The smallest absolute Gasteiger partial charge is 0.359 e. The first-order valence-corrected chi connectivity index (χ1v) is 10.9. The van der Waals surface area contributed by atoms with Crippen molar-refractivity contribution in [2.24, 2.45) is 0 Å². The van der Waals surface area contributed by atoms with Crippen LogP contribution in [0.5, 0.6) is 0 Å². The predicted octanol–water partition coefficient (Wildman–Crippen LogP) is 1.55. The molecule has 0 saturated carbocycles. The summed E-state index contributed by atoms with van der Waals surface area (Å²) >= 11 is 0. The van der Waals surface area contributed by atoms with Gasteiger partial charge in [-0.3, -0.25) is 0 Å². The third-order valence-electron chi connectivity index (χ3n) is 5.44. The fourth-order valence-electron chi connectivity index (χ4n) is 3.57. The molecule has 188 valence electrons. The van der Waals surface area contributed by atoms with E-state index in [9.17, 15) is 30.0 Å². The van der Waals surface area contributed by atoms with E-state index < -0.39 is 42.0 Å². The summed E-state index contributed by atoms with van der Waals surface area (Å²) in [4.78, 5) is 25.0. The average Bonchev–Trinajstić information content (AvgIpc) is 2.93. The number of aliphatic hydroxyl groups is 4. The van der Waals surface area contributed by atoms with E-state index in [0.717, 1.165) is 19.8 Å². The quantitative estimate of drug-likeness (QED) is 0.321. The van der Waals surface area contributed by atoms with Crippen LogP contribution in [0.3, 0.4) is 0 Å². The maximum Gasteiger partial charge on any atom is 0.359 e. The number of ether oxygens (including phenoxy) is 2. The summed E-state index contributed by atoms with van der Waals surface area (Å²) in [6.45, 7) is 0. The second kappa shape index (κ2) is 12.1. The number of rotatable bonds is 9. The molecule has 0 fully saturated rings. The van der Waals surface area contributed by atoms with Gasteiger partial charge in [0.05, 0.1) is 14.2 Å². The van der Waals surface area contributed by atoms with Gasteiger partial charge in [-0.25, -0.2) is 9.59 Å². The Hall–Kier alpha value is -3.96. The number of hydrogen-bond acceptors (Lipinski definition) is 10. The molecule has 0 amide bonds. The molecule has 36 heavy (non-hydrogen) atoms. The minimum Gasteiger partial charge on any atom is -0.464 e. The Morgan fingerprint density at radius 3 is 1.89 bits per heavy atom. The van der Waals surface area contributed by atoms with Gasteiger partial charge in [0.1, 0.15) is 24.4 Å². The molecule has 1 heterocycles. The highest BCUT2D eigenvalue weighted by Crippen LogP contribution is 2.35. The van der Waals surface area contributed by atoms with E-state index in [2.05, 4.69) is 10.2 Å². The van der Waals surface area contributed by atoms with Crippen molar-refractivity contribution in [1.29, 1.82) is 0 Å². The predicted molar refractivity (Wildman–Crippen MR) is 129 cm³/mol. The molecular formula is C26H26N2O8. The van der Waals surface area contributed by atoms with Crippen LogP contribution in [0.2, 0.25) is 0 Å². The van der Waals surface area contributed by atoms with Crippen molar-refractivity contribution in [1.82, 2.24) is 10.2 Å². The monoisotopic (exact) mass is 494 g/mol. The molecule has 0 saturated heterocycles. The second-order valence-corrected chi connectivity index (χ2v) is 7.72. The number of carbonyl (C=O) groups is 2. The highest BCUT2D eigenvalue weighted by molar-refractivity contribution is 5.99. The van der Waals surface area contributed by atoms with Crippen LogP contribution in [0.15, 0.2) is 66.7 Å².